The molecule has 0 amide bonds. The number of H-pyrrole nitrogens is 1. The predicted molar refractivity (Wildman–Crippen MR) is 96.4 cm³/mol. The van der Waals surface area contributed by atoms with E-state index in [0.717, 1.165) is 5.69 Å². The highest BCUT2D eigenvalue weighted by atomic mass is 16.5. The largest absolute Gasteiger partial charge is 0.469 e. The molecule has 0 bridgehead atoms. The maximum Gasteiger partial charge on any atom is 0.313 e. The molecule has 3 aromatic rings. The van der Waals surface area contributed by atoms with Crippen LogP contribution >= 0.6 is 0 Å². The lowest BCUT2D eigenvalue weighted by Crippen LogP contribution is -2.34. The molecule has 1 saturated heterocycles. The van der Waals surface area contributed by atoms with E-state index in [1.54, 1.807) is 4.68 Å². The van der Waals surface area contributed by atoms with Crippen molar-refractivity contribution in [3.63, 3.8) is 0 Å². The number of para-hydroxylation sites is 1. The van der Waals surface area contributed by atoms with E-state index < -0.39 is 5.41 Å². The van der Waals surface area contributed by atoms with Crippen LogP contribution in [0.3, 0.4) is 0 Å². The molecule has 0 radical (unpaired) electrons. The Labute approximate surface area is 149 Å². The van der Waals surface area contributed by atoms with Gasteiger partial charge in [0, 0.05) is 13.1 Å². The van der Waals surface area contributed by atoms with Gasteiger partial charge in [-0.15, -0.1) is 0 Å². The molecule has 4 rings (SSSR count). The Kier molecular flexibility index (Phi) is 3.75. The summed E-state index contributed by atoms with van der Waals surface area (Å²) in [4.78, 5) is 33.9. The molecule has 0 saturated carbocycles. The first-order chi connectivity index (χ1) is 12.5. The second kappa shape index (κ2) is 5.98. The Morgan fingerprint density at radius 2 is 2.08 bits per heavy atom. The van der Waals surface area contributed by atoms with E-state index in [9.17, 15) is 9.59 Å². The van der Waals surface area contributed by atoms with Crippen LogP contribution in [-0.4, -0.2) is 45.9 Å². The molecular weight excluding hydrogens is 334 g/mol. The van der Waals surface area contributed by atoms with Crippen LogP contribution in [0.15, 0.2) is 41.3 Å². The van der Waals surface area contributed by atoms with Gasteiger partial charge < -0.3 is 9.64 Å². The number of aromatic nitrogens is 4. The molecule has 0 spiro atoms. The summed E-state index contributed by atoms with van der Waals surface area (Å²) in [6, 6.07) is 9.52. The van der Waals surface area contributed by atoms with E-state index in [-0.39, 0.29) is 11.5 Å². The average molecular weight is 353 g/mol. The number of carbonyl (C=O) groups excluding carboxylic acids is 1. The fourth-order valence-electron chi connectivity index (χ4n) is 3.37. The molecule has 1 unspecified atom stereocenters. The van der Waals surface area contributed by atoms with Gasteiger partial charge in [-0.2, -0.15) is 10.1 Å². The fourth-order valence-corrected chi connectivity index (χ4v) is 3.37. The van der Waals surface area contributed by atoms with Crippen molar-refractivity contribution in [2.75, 3.05) is 25.1 Å². The zero-order valence-electron chi connectivity index (χ0n) is 14.6. The Balaban J connectivity index is 1.76. The summed E-state index contributed by atoms with van der Waals surface area (Å²) in [6.07, 6.45) is 2.15. The first-order valence-electron chi connectivity index (χ1n) is 8.39. The summed E-state index contributed by atoms with van der Waals surface area (Å²) in [7, 11) is 1.39. The van der Waals surface area contributed by atoms with Crippen LogP contribution in [0.25, 0.3) is 16.7 Å². The van der Waals surface area contributed by atoms with E-state index in [1.807, 2.05) is 42.2 Å². The van der Waals surface area contributed by atoms with Gasteiger partial charge in [-0.3, -0.25) is 14.6 Å². The van der Waals surface area contributed by atoms with Crippen LogP contribution in [-0.2, 0) is 9.53 Å². The number of methoxy groups -OCH3 is 1. The van der Waals surface area contributed by atoms with Gasteiger partial charge in [0.25, 0.3) is 5.56 Å². The number of carbonyl (C=O) groups is 1. The van der Waals surface area contributed by atoms with E-state index in [0.29, 0.717) is 36.5 Å². The minimum atomic E-state index is -0.609. The first-order valence-corrected chi connectivity index (χ1v) is 8.39. The number of rotatable bonds is 3. The molecule has 1 aliphatic rings. The van der Waals surface area contributed by atoms with Crippen molar-refractivity contribution >= 4 is 23.0 Å². The quantitative estimate of drug-likeness (QED) is 0.717. The van der Waals surface area contributed by atoms with Crippen LogP contribution < -0.4 is 10.5 Å². The first kappa shape index (κ1) is 16.3. The lowest BCUT2D eigenvalue weighted by molar-refractivity contribution is -0.150. The third-order valence-corrected chi connectivity index (χ3v) is 4.88. The lowest BCUT2D eigenvalue weighted by Gasteiger charge is -2.22. The SMILES string of the molecule is COC(=O)C1(C)CCN(c2nc3c(cnn3-c3ccccc3)c(=O)[nH]2)C1. The number of hydrogen-bond donors (Lipinski definition) is 1. The van der Waals surface area contributed by atoms with Gasteiger partial charge in [-0.05, 0) is 25.5 Å². The molecule has 3 heterocycles. The number of ether oxygens (including phenoxy) is 1. The zero-order valence-corrected chi connectivity index (χ0v) is 14.6. The van der Waals surface area contributed by atoms with Crippen LogP contribution in [0.1, 0.15) is 13.3 Å². The highest BCUT2D eigenvalue weighted by Crippen LogP contribution is 2.33. The maximum absolute atomic E-state index is 12.5. The van der Waals surface area contributed by atoms with E-state index in [1.165, 1.54) is 13.3 Å². The Morgan fingerprint density at radius 3 is 2.81 bits per heavy atom. The van der Waals surface area contributed by atoms with E-state index in [4.69, 9.17) is 4.74 Å². The maximum atomic E-state index is 12.5. The molecule has 1 N–H and O–H groups in total. The molecule has 8 nitrogen and oxygen atoms in total. The van der Waals surface area contributed by atoms with Crippen molar-refractivity contribution in [2.45, 2.75) is 13.3 Å². The molecule has 1 aliphatic heterocycles. The van der Waals surface area contributed by atoms with Crippen molar-refractivity contribution < 1.29 is 9.53 Å². The van der Waals surface area contributed by atoms with Gasteiger partial charge in [-0.25, -0.2) is 4.68 Å². The highest BCUT2D eigenvalue weighted by molar-refractivity contribution is 5.79. The van der Waals surface area contributed by atoms with Crippen LogP contribution in [0, 0.1) is 5.41 Å². The van der Waals surface area contributed by atoms with Crippen molar-refractivity contribution in [2.24, 2.45) is 5.41 Å². The van der Waals surface area contributed by atoms with Crippen molar-refractivity contribution in [3.8, 4) is 5.69 Å². The molecule has 2 aromatic heterocycles. The number of esters is 1. The monoisotopic (exact) mass is 353 g/mol. The topological polar surface area (TPSA) is 93.1 Å². The molecule has 134 valence electrons. The van der Waals surface area contributed by atoms with E-state index >= 15 is 0 Å². The van der Waals surface area contributed by atoms with Crippen LogP contribution in [0.5, 0.6) is 0 Å². The molecular formula is C18H19N5O3. The molecule has 8 heteroatoms. The second-order valence-electron chi connectivity index (χ2n) is 6.74. The fraction of sp³-hybridized carbons (Fsp3) is 0.333. The molecule has 1 fully saturated rings. The predicted octanol–water partition coefficient (Wildman–Crippen LogP) is 1.50. The standard InChI is InChI=1S/C18H19N5O3/c1-18(16(25)26-2)8-9-22(11-18)17-20-14-13(15(24)21-17)10-19-23(14)12-6-4-3-5-7-12/h3-7,10H,8-9,11H2,1-2H3,(H,20,21,24). The smallest absolute Gasteiger partial charge is 0.313 e. The lowest BCUT2D eigenvalue weighted by atomic mass is 9.90. The summed E-state index contributed by atoms with van der Waals surface area (Å²) >= 11 is 0. The summed E-state index contributed by atoms with van der Waals surface area (Å²) < 4.78 is 6.55. The average Bonchev–Trinajstić information content (AvgIpc) is 3.27. The van der Waals surface area contributed by atoms with Crippen LogP contribution in [0.4, 0.5) is 5.95 Å². The third kappa shape index (κ3) is 2.54. The minimum absolute atomic E-state index is 0.251. The van der Waals surface area contributed by atoms with Gasteiger partial charge in [0.1, 0.15) is 5.39 Å². The second-order valence-corrected chi connectivity index (χ2v) is 6.74. The number of fused-ring (bicyclic) bond motifs is 1. The summed E-state index contributed by atoms with van der Waals surface area (Å²) in [5.74, 6) is 0.186. The molecule has 1 aromatic carbocycles. The van der Waals surface area contributed by atoms with E-state index in [2.05, 4.69) is 15.1 Å². The van der Waals surface area contributed by atoms with Crippen molar-refractivity contribution in [1.29, 1.82) is 0 Å². The number of nitrogens with zero attached hydrogens (tertiary/aromatic N) is 4. The summed E-state index contributed by atoms with van der Waals surface area (Å²) in [5.41, 5.74) is 0.454. The number of anilines is 1. The third-order valence-electron chi connectivity index (χ3n) is 4.88. The highest BCUT2D eigenvalue weighted by Gasteiger charge is 2.42. The molecule has 26 heavy (non-hydrogen) atoms. The van der Waals surface area contributed by atoms with Gasteiger partial charge in [-0.1, -0.05) is 18.2 Å². The minimum Gasteiger partial charge on any atom is -0.469 e. The normalized spacial score (nSPS) is 19.8. The molecule has 1 atom stereocenters. The summed E-state index contributed by atoms with van der Waals surface area (Å²) in [5, 5.41) is 4.73. The van der Waals surface area contributed by atoms with Crippen molar-refractivity contribution in [3.05, 3.63) is 46.9 Å². The van der Waals surface area contributed by atoms with Crippen molar-refractivity contribution in [1.82, 2.24) is 19.7 Å². The Hall–Kier alpha value is -3.16. The van der Waals surface area contributed by atoms with Gasteiger partial charge >= 0.3 is 5.97 Å². The van der Waals surface area contributed by atoms with Gasteiger partial charge in [0.15, 0.2) is 5.65 Å². The van der Waals surface area contributed by atoms with Gasteiger partial charge in [0.2, 0.25) is 5.95 Å². The number of aromatic amines is 1. The number of nitrogens with one attached hydrogen (secondary N) is 1. The molecule has 0 aliphatic carbocycles. The van der Waals surface area contributed by atoms with Gasteiger partial charge in [0.05, 0.1) is 24.4 Å². The number of benzene rings is 1. The zero-order chi connectivity index (χ0) is 18.3. The Bertz CT molecular complexity index is 1030. The summed E-state index contributed by atoms with van der Waals surface area (Å²) in [6.45, 7) is 2.91. The number of hydrogen-bond acceptors (Lipinski definition) is 6. The Morgan fingerprint density at radius 1 is 1.31 bits per heavy atom. The van der Waals surface area contributed by atoms with Crippen LogP contribution in [0.2, 0.25) is 0 Å².